The Morgan fingerprint density at radius 2 is 0.524 bits per heavy atom. The molecule has 0 aromatic rings. The molecule has 0 saturated carbocycles. The maximum atomic E-state index is 12.8. The van der Waals surface area contributed by atoms with Crippen molar-refractivity contribution in [2.24, 2.45) is 0 Å². The maximum Gasteiger partial charge on any atom is 0.306 e. The molecule has 0 aromatic carbocycles. The molecule has 1 atom stereocenters. The average molecular weight is 887 g/mol. The van der Waals surface area contributed by atoms with E-state index < -0.39 is 6.10 Å². The predicted octanol–water partition coefficient (Wildman–Crippen LogP) is 18.3. The van der Waals surface area contributed by atoms with Gasteiger partial charge in [-0.1, -0.05) is 238 Å². The van der Waals surface area contributed by atoms with Gasteiger partial charge in [-0.25, -0.2) is 0 Å². The molecule has 0 aromatic heterocycles. The second-order valence-electron chi connectivity index (χ2n) is 18.8. The van der Waals surface area contributed by atoms with Crippen molar-refractivity contribution < 1.29 is 28.6 Å². The van der Waals surface area contributed by atoms with Gasteiger partial charge in [-0.15, -0.1) is 0 Å². The fourth-order valence-electron chi connectivity index (χ4n) is 8.20. The van der Waals surface area contributed by atoms with Gasteiger partial charge in [-0.3, -0.25) is 14.4 Å². The molecule has 0 saturated heterocycles. The minimum Gasteiger partial charge on any atom is -0.462 e. The lowest BCUT2D eigenvalue weighted by Crippen LogP contribution is -2.30. The molecular weight excluding hydrogens is 781 g/mol. The molecule has 0 aliphatic heterocycles. The van der Waals surface area contributed by atoms with Crippen molar-refractivity contribution in [1.29, 1.82) is 0 Å². The molecule has 6 nitrogen and oxygen atoms in total. The third-order valence-electron chi connectivity index (χ3n) is 12.4. The number of unbranched alkanes of at least 4 members (excludes halogenated alkanes) is 36. The number of allylic oxidation sites excluding steroid dienone is 4. The summed E-state index contributed by atoms with van der Waals surface area (Å²) in [5.41, 5.74) is 0. The topological polar surface area (TPSA) is 78.9 Å². The first kappa shape index (κ1) is 60.9. The number of hydrogen-bond acceptors (Lipinski definition) is 6. The molecule has 0 rings (SSSR count). The summed E-state index contributed by atoms with van der Waals surface area (Å²) in [5, 5.41) is 0. The van der Waals surface area contributed by atoms with Crippen molar-refractivity contribution in [2.45, 2.75) is 309 Å². The van der Waals surface area contributed by atoms with Crippen molar-refractivity contribution in [3.05, 3.63) is 24.3 Å². The summed E-state index contributed by atoms with van der Waals surface area (Å²) in [6.07, 6.45) is 60.2. The maximum absolute atomic E-state index is 12.8. The molecule has 370 valence electrons. The van der Waals surface area contributed by atoms with Gasteiger partial charge in [-0.05, 0) is 70.6 Å². The number of carbonyl (C=O) groups is 3. The van der Waals surface area contributed by atoms with Crippen LogP contribution in [0.3, 0.4) is 0 Å². The summed E-state index contributed by atoms with van der Waals surface area (Å²) in [7, 11) is 0. The largest absolute Gasteiger partial charge is 0.462 e. The molecule has 0 heterocycles. The van der Waals surface area contributed by atoms with Crippen LogP contribution in [0.2, 0.25) is 0 Å². The Hall–Kier alpha value is -2.11. The van der Waals surface area contributed by atoms with Crippen LogP contribution in [0.5, 0.6) is 0 Å². The fourth-order valence-corrected chi connectivity index (χ4v) is 8.20. The van der Waals surface area contributed by atoms with Gasteiger partial charge in [0.15, 0.2) is 6.10 Å². The van der Waals surface area contributed by atoms with Crippen LogP contribution in [0.1, 0.15) is 303 Å². The van der Waals surface area contributed by atoms with Gasteiger partial charge in [0.05, 0.1) is 0 Å². The zero-order chi connectivity index (χ0) is 45.8. The summed E-state index contributed by atoms with van der Waals surface area (Å²) in [5.74, 6) is -0.865. The van der Waals surface area contributed by atoms with Gasteiger partial charge in [0.1, 0.15) is 13.2 Å². The summed E-state index contributed by atoms with van der Waals surface area (Å²) in [6.45, 7) is 6.65. The highest BCUT2D eigenvalue weighted by molar-refractivity contribution is 5.71. The number of rotatable bonds is 51. The predicted molar refractivity (Wildman–Crippen MR) is 270 cm³/mol. The van der Waals surface area contributed by atoms with Crippen LogP contribution in [-0.2, 0) is 28.6 Å². The molecule has 0 aliphatic carbocycles. The van der Waals surface area contributed by atoms with Crippen molar-refractivity contribution in [2.75, 3.05) is 13.2 Å². The molecule has 0 bridgehead atoms. The van der Waals surface area contributed by atoms with Crippen LogP contribution < -0.4 is 0 Å². The molecule has 1 unspecified atom stereocenters. The van der Waals surface area contributed by atoms with Crippen molar-refractivity contribution in [3.63, 3.8) is 0 Å². The van der Waals surface area contributed by atoms with Gasteiger partial charge >= 0.3 is 17.9 Å². The first-order valence-electron chi connectivity index (χ1n) is 27.8. The first-order chi connectivity index (χ1) is 31.0. The van der Waals surface area contributed by atoms with E-state index in [0.29, 0.717) is 19.3 Å². The Morgan fingerprint density at radius 3 is 0.794 bits per heavy atom. The lowest BCUT2D eigenvalue weighted by Gasteiger charge is -2.18. The highest BCUT2D eigenvalue weighted by atomic mass is 16.6. The normalized spacial score (nSPS) is 12.1. The zero-order valence-electron chi connectivity index (χ0n) is 42.4. The van der Waals surface area contributed by atoms with Gasteiger partial charge in [-0.2, -0.15) is 0 Å². The molecule has 6 heteroatoms. The van der Waals surface area contributed by atoms with E-state index in [1.807, 2.05) is 0 Å². The highest BCUT2D eigenvalue weighted by Crippen LogP contribution is 2.16. The Kier molecular flexibility index (Phi) is 50.8. The number of carbonyl (C=O) groups excluding carboxylic acids is 3. The lowest BCUT2D eigenvalue weighted by atomic mass is 10.1. The smallest absolute Gasteiger partial charge is 0.306 e. The number of ether oxygens (including phenoxy) is 3. The van der Waals surface area contributed by atoms with Crippen LogP contribution in [0.25, 0.3) is 0 Å². The minimum atomic E-state index is -0.770. The zero-order valence-corrected chi connectivity index (χ0v) is 42.4. The van der Waals surface area contributed by atoms with Crippen LogP contribution in [0.4, 0.5) is 0 Å². The minimum absolute atomic E-state index is 0.0706. The second kappa shape index (κ2) is 52.5. The Morgan fingerprint density at radius 1 is 0.302 bits per heavy atom. The summed E-state index contributed by atoms with van der Waals surface area (Å²) in [4.78, 5) is 38.0. The van der Waals surface area contributed by atoms with E-state index in [1.165, 1.54) is 205 Å². The van der Waals surface area contributed by atoms with Crippen molar-refractivity contribution in [3.8, 4) is 0 Å². The monoisotopic (exact) mass is 887 g/mol. The molecule has 0 N–H and O–H groups in total. The number of esters is 3. The summed E-state index contributed by atoms with van der Waals surface area (Å²) < 4.78 is 16.8. The Labute approximate surface area is 392 Å². The quantitative estimate of drug-likeness (QED) is 0.0262. The van der Waals surface area contributed by atoms with E-state index in [-0.39, 0.29) is 31.1 Å². The molecule has 0 spiro atoms. The van der Waals surface area contributed by atoms with E-state index >= 15 is 0 Å². The first-order valence-corrected chi connectivity index (χ1v) is 27.8. The van der Waals surface area contributed by atoms with Gasteiger partial charge in [0.25, 0.3) is 0 Å². The third-order valence-corrected chi connectivity index (χ3v) is 12.4. The van der Waals surface area contributed by atoms with Gasteiger partial charge in [0, 0.05) is 19.3 Å². The SMILES string of the molecule is CCCCCCCC/C=C\CCCCCCCCCC(=O)OC(COC(=O)CCCCCCCCC/C=C\CCCCCCCCC)COC(=O)CCCCCCCCCCCC. The summed E-state index contributed by atoms with van der Waals surface area (Å²) in [6, 6.07) is 0. The van der Waals surface area contributed by atoms with E-state index in [9.17, 15) is 14.4 Å². The van der Waals surface area contributed by atoms with E-state index in [4.69, 9.17) is 14.2 Å². The molecule has 0 amide bonds. The van der Waals surface area contributed by atoms with Crippen LogP contribution >= 0.6 is 0 Å². The highest BCUT2D eigenvalue weighted by Gasteiger charge is 2.19. The molecule has 63 heavy (non-hydrogen) atoms. The van der Waals surface area contributed by atoms with E-state index in [0.717, 1.165) is 57.8 Å². The van der Waals surface area contributed by atoms with Crippen molar-refractivity contribution in [1.82, 2.24) is 0 Å². The van der Waals surface area contributed by atoms with Gasteiger partial charge < -0.3 is 14.2 Å². The molecule has 0 fully saturated rings. The molecular formula is C57H106O6. The van der Waals surface area contributed by atoms with E-state index in [1.54, 1.807) is 0 Å². The van der Waals surface area contributed by atoms with E-state index in [2.05, 4.69) is 45.1 Å². The third kappa shape index (κ3) is 50.7. The van der Waals surface area contributed by atoms with Crippen LogP contribution in [0.15, 0.2) is 24.3 Å². The standard InChI is InChI=1S/C57H106O6/c1-4-7-10-13-16-19-22-24-26-28-30-31-33-35-38-41-44-47-50-56(59)62-53-54(52-61-55(58)49-46-43-40-37-21-18-15-12-9-6-3)63-57(60)51-48-45-42-39-36-34-32-29-27-25-23-20-17-14-11-8-5-2/h25-28,54H,4-24,29-53H2,1-3H3/b27-25-,28-26-. The van der Waals surface area contributed by atoms with Crippen molar-refractivity contribution >= 4 is 17.9 Å². The number of hydrogen-bond donors (Lipinski definition) is 0. The Balaban J connectivity index is 4.30. The molecule has 0 radical (unpaired) electrons. The lowest BCUT2D eigenvalue weighted by molar-refractivity contribution is -0.167. The average Bonchev–Trinajstić information content (AvgIpc) is 3.28. The second-order valence-corrected chi connectivity index (χ2v) is 18.8. The van der Waals surface area contributed by atoms with Crippen LogP contribution in [-0.4, -0.2) is 37.2 Å². The fraction of sp³-hybridized carbons (Fsp3) is 0.877. The van der Waals surface area contributed by atoms with Gasteiger partial charge in [0.2, 0.25) is 0 Å². The summed E-state index contributed by atoms with van der Waals surface area (Å²) >= 11 is 0. The molecule has 0 aliphatic rings. The Bertz CT molecular complexity index is 1020. The van der Waals surface area contributed by atoms with Crippen LogP contribution in [0, 0.1) is 0 Å².